The molecule has 2 unspecified atom stereocenters. The molecular weight excluding hydrogens is 130 g/mol. The van der Waals surface area contributed by atoms with E-state index in [4.69, 9.17) is 4.74 Å². The van der Waals surface area contributed by atoms with Gasteiger partial charge in [0.15, 0.2) is 0 Å². The summed E-state index contributed by atoms with van der Waals surface area (Å²) in [5.41, 5.74) is 0. The minimum Gasteiger partial charge on any atom is -0.366 e. The topological polar surface area (TPSA) is 38.3 Å². The van der Waals surface area contributed by atoms with Gasteiger partial charge in [0.2, 0.25) is 0 Å². The molecule has 0 amide bonds. The van der Waals surface area contributed by atoms with Crippen molar-refractivity contribution in [3.05, 3.63) is 0 Å². The van der Waals surface area contributed by atoms with Crippen molar-refractivity contribution in [3.8, 4) is 0 Å². The molecule has 10 heavy (non-hydrogen) atoms. The van der Waals surface area contributed by atoms with Gasteiger partial charge in [-0.2, -0.15) is 0 Å². The van der Waals surface area contributed by atoms with Gasteiger partial charge in [0.25, 0.3) is 0 Å². The molecule has 1 aliphatic heterocycles. The number of likely N-dealkylation sites (N-methyl/N-ethyl adjacent to an activating group) is 1. The Morgan fingerprint density at radius 1 is 1.70 bits per heavy atom. The van der Waals surface area contributed by atoms with Crippen LogP contribution in [-0.4, -0.2) is 32.1 Å². The number of rotatable bonds is 3. The standard InChI is InChI=1S/C7H13NO2/c1-8-4-6-2-3-7(5-9)10-6/h5-8H,2-4H2,1H3. The molecule has 0 spiro atoms. The fourth-order valence-electron chi connectivity index (χ4n) is 1.21. The molecule has 1 rings (SSSR count). The van der Waals surface area contributed by atoms with Gasteiger partial charge in [-0.25, -0.2) is 0 Å². The van der Waals surface area contributed by atoms with E-state index < -0.39 is 0 Å². The number of aldehydes is 1. The summed E-state index contributed by atoms with van der Waals surface area (Å²) in [6.45, 7) is 0.852. The lowest BCUT2D eigenvalue weighted by atomic mass is 10.2. The predicted molar refractivity (Wildman–Crippen MR) is 37.9 cm³/mol. The first kappa shape index (κ1) is 7.69. The van der Waals surface area contributed by atoms with Crippen LogP contribution in [0.25, 0.3) is 0 Å². The maximum Gasteiger partial charge on any atom is 0.148 e. The smallest absolute Gasteiger partial charge is 0.148 e. The Bertz CT molecular complexity index is 116. The van der Waals surface area contributed by atoms with Gasteiger partial charge in [-0.15, -0.1) is 0 Å². The maximum atomic E-state index is 10.2. The highest BCUT2D eigenvalue weighted by atomic mass is 16.5. The Labute approximate surface area is 60.7 Å². The number of carbonyl (C=O) groups is 1. The Kier molecular flexibility index (Phi) is 2.83. The summed E-state index contributed by atoms with van der Waals surface area (Å²) in [7, 11) is 1.89. The van der Waals surface area contributed by atoms with Crippen molar-refractivity contribution >= 4 is 6.29 Å². The number of nitrogens with one attached hydrogen (secondary N) is 1. The number of hydrogen-bond acceptors (Lipinski definition) is 3. The Hall–Kier alpha value is -0.410. The first-order chi connectivity index (χ1) is 4.86. The molecule has 1 saturated heterocycles. The molecule has 1 N–H and O–H groups in total. The van der Waals surface area contributed by atoms with Gasteiger partial charge in [0, 0.05) is 6.54 Å². The summed E-state index contributed by atoms with van der Waals surface area (Å²) < 4.78 is 5.32. The molecule has 2 atom stereocenters. The Morgan fingerprint density at radius 2 is 2.50 bits per heavy atom. The monoisotopic (exact) mass is 143 g/mol. The van der Waals surface area contributed by atoms with E-state index >= 15 is 0 Å². The Balaban J connectivity index is 2.21. The van der Waals surface area contributed by atoms with Crippen molar-refractivity contribution in [3.63, 3.8) is 0 Å². The summed E-state index contributed by atoms with van der Waals surface area (Å²) in [5, 5.41) is 3.01. The van der Waals surface area contributed by atoms with Crippen LogP contribution in [0.1, 0.15) is 12.8 Å². The molecule has 1 fully saturated rings. The number of carbonyl (C=O) groups excluding carboxylic acids is 1. The van der Waals surface area contributed by atoms with Gasteiger partial charge >= 0.3 is 0 Å². The lowest BCUT2D eigenvalue weighted by molar-refractivity contribution is -0.117. The average molecular weight is 143 g/mol. The second-order valence-electron chi connectivity index (χ2n) is 2.57. The van der Waals surface area contributed by atoms with Crippen molar-refractivity contribution in [1.82, 2.24) is 5.32 Å². The molecule has 0 bridgehead atoms. The SMILES string of the molecule is CNCC1CCC(C=O)O1. The van der Waals surface area contributed by atoms with E-state index in [1.165, 1.54) is 0 Å². The van der Waals surface area contributed by atoms with Crippen molar-refractivity contribution < 1.29 is 9.53 Å². The minimum absolute atomic E-state index is 0.140. The van der Waals surface area contributed by atoms with Gasteiger partial charge < -0.3 is 14.8 Å². The third kappa shape index (κ3) is 1.78. The summed E-state index contributed by atoms with van der Waals surface area (Å²) in [4.78, 5) is 10.2. The van der Waals surface area contributed by atoms with E-state index in [2.05, 4.69) is 5.32 Å². The molecule has 0 aromatic rings. The van der Waals surface area contributed by atoms with Crippen molar-refractivity contribution in [1.29, 1.82) is 0 Å². The van der Waals surface area contributed by atoms with E-state index in [0.717, 1.165) is 25.7 Å². The van der Waals surface area contributed by atoms with Gasteiger partial charge in [-0.05, 0) is 19.9 Å². The third-order valence-electron chi connectivity index (χ3n) is 1.72. The summed E-state index contributed by atoms with van der Waals surface area (Å²) in [6, 6.07) is 0. The molecule has 3 nitrogen and oxygen atoms in total. The van der Waals surface area contributed by atoms with Crippen molar-refractivity contribution in [2.45, 2.75) is 25.0 Å². The normalized spacial score (nSPS) is 32.5. The largest absolute Gasteiger partial charge is 0.366 e. The van der Waals surface area contributed by atoms with Gasteiger partial charge in [0.05, 0.1) is 6.10 Å². The van der Waals surface area contributed by atoms with Crippen LogP contribution in [0.5, 0.6) is 0 Å². The minimum atomic E-state index is -0.140. The third-order valence-corrected chi connectivity index (χ3v) is 1.72. The average Bonchev–Trinajstić information content (AvgIpc) is 2.37. The van der Waals surface area contributed by atoms with E-state index in [1.807, 2.05) is 7.05 Å². The second-order valence-corrected chi connectivity index (χ2v) is 2.57. The van der Waals surface area contributed by atoms with Crippen molar-refractivity contribution in [2.75, 3.05) is 13.6 Å². The van der Waals surface area contributed by atoms with E-state index in [0.29, 0.717) is 0 Å². The quantitative estimate of drug-likeness (QED) is 0.563. The van der Waals surface area contributed by atoms with Crippen LogP contribution in [0, 0.1) is 0 Å². The van der Waals surface area contributed by atoms with Gasteiger partial charge in [-0.1, -0.05) is 0 Å². The van der Waals surface area contributed by atoms with Crippen LogP contribution < -0.4 is 5.32 Å². The zero-order chi connectivity index (χ0) is 7.40. The van der Waals surface area contributed by atoms with Crippen LogP contribution in [0.4, 0.5) is 0 Å². The molecule has 0 radical (unpaired) electrons. The van der Waals surface area contributed by atoms with Crippen LogP contribution in [0.2, 0.25) is 0 Å². The van der Waals surface area contributed by atoms with E-state index in [-0.39, 0.29) is 12.2 Å². The molecule has 58 valence electrons. The maximum absolute atomic E-state index is 10.2. The highest BCUT2D eigenvalue weighted by Crippen LogP contribution is 2.16. The summed E-state index contributed by atoms with van der Waals surface area (Å²) in [5.74, 6) is 0. The van der Waals surface area contributed by atoms with Gasteiger partial charge in [-0.3, -0.25) is 0 Å². The zero-order valence-corrected chi connectivity index (χ0v) is 6.17. The van der Waals surface area contributed by atoms with Crippen LogP contribution >= 0.6 is 0 Å². The lowest BCUT2D eigenvalue weighted by Gasteiger charge is -2.08. The molecule has 0 saturated carbocycles. The summed E-state index contributed by atoms with van der Waals surface area (Å²) >= 11 is 0. The highest BCUT2D eigenvalue weighted by molar-refractivity contribution is 5.56. The molecular formula is C7H13NO2. The van der Waals surface area contributed by atoms with Crippen LogP contribution in [-0.2, 0) is 9.53 Å². The number of hydrogen-bond donors (Lipinski definition) is 1. The summed E-state index contributed by atoms with van der Waals surface area (Å²) in [6.07, 6.45) is 2.88. The molecule has 0 aliphatic carbocycles. The highest BCUT2D eigenvalue weighted by Gasteiger charge is 2.23. The first-order valence-corrected chi connectivity index (χ1v) is 3.62. The van der Waals surface area contributed by atoms with E-state index in [1.54, 1.807) is 0 Å². The predicted octanol–water partition coefficient (Wildman–Crippen LogP) is -0.0477. The number of ether oxygens (including phenoxy) is 1. The van der Waals surface area contributed by atoms with Crippen LogP contribution in [0.15, 0.2) is 0 Å². The lowest BCUT2D eigenvalue weighted by Crippen LogP contribution is -2.24. The second kappa shape index (κ2) is 3.68. The molecule has 1 aliphatic rings. The van der Waals surface area contributed by atoms with Crippen molar-refractivity contribution in [2.24, 2.45) is 0 Å². The fraction of sp³-hybridized carbons (Fsp3) is 0.857. The zero-order valence-electron chi connectivity index (χ0n) is 6.17. The molecule has 3 heteroatoms. The Morgan fingerprint density at radius 3 is 3.00 bits per heavy atom. The van der Waals surface area contributed by atoms with Gasteiger partial charge in [0.1, 0.15) is 12.4 Å². The molecule has 1 heterocycles. The van der Waals surface area contributed by atoms with Crippen LogP contribution in [0.3, 0.4) is 0 Å². The van der Waals surface area contributed by atoms with E-state index in [9.17, 15) is 4.79 Å². The molecule has 0 aromatic carbocycles. The molecule has 0 aromatic heterocycles. The first-order valence-electron chi connectivity index (χ1n) is 3.62. The fourth-order valence-corrected chi connectivity index (χ4v) is 1.21.